The van der Waals surface area contributed by atoms with E-state index in [-0.39, 0.29) is 24.1 Å². The molecule has 180 valence electrons. The van der Waals surface area contributed by atoms with E-state index < -0.39 is 6.04 Å². The number of hydrogen-bond acceptors (Lipinski definition) is 3. The maximum Gasteiger partial charge on any atom is 0.242 e. The highest BCUT2D eigenvalue weighted by molar-refractivity contribution is 7.99. The maximum atomic E-state index is 13.3. The Morgan fingerprint density at radius 3 is 2.12 bits per heavy atom. The van der Waals surface area contributed by atoms with Gasteiger partial charge in [-0.1, -0.05) is 78.8 Å². The van der Waals surface area contributed by atoms with Gasteiger partial charge in [-0.25, -0.2) is 0 Å². The lowest BCUT2D eigenvalue weighted by Gasteiger charge is -2.30. The zero-order valence-corrected chi connectivity index (χ0v) is 22.5. The van der Waals surface area contributed by atoms with Crippen molar-refractivity contribution in [3.63, 3.8) is 0 Å². The Labute approximate surface area is 220 Å². The van der Waals surface area contributed by atoms with Crippen molar-refractivity contribution in [1.82, 2.24) is 10.2 Å². The first-order chi connectivity index (χ1) is 15.8. The normalized spacial score (nSPS) is 11.8. The Bertz CT molecular complexity index is 958. The molecule has 1 atom stereocenters. The standard InChI is InChI=1S/C24H28Cl4N2O2S/c1-3-5-10-29-24(32)22(4-2)30(13-16-6-8-18(25)20(27)11-16)23(31)15-33-14-17-7-9-19(26)21(28)12-17/h6-9,11-12,22H,3-5,10,13-15H2,1-2H3,(H,29,32)/t22-/m1/s1. The van der Waals surface area contributed by atoms with E-state index in [1.54, 1.807) is 29.2 Å². The van der Waals surface area contributed by atoms with E-state index in [1.807, 2.05) is 19.1 Å². The molecule has 0 aliphatic heterocycles. The smallest absolute Gasteiger partial charge is 0.242 e. The molecule has 0 saturated carbocycles. The van der Waals surface area contributed by atoms with Gasteiger partial charge < -0.3 is 10.2 Å². The summed E-state index contributed by atoms with van der Waals surface area (Å²) in [6, 6.07) is 10.1. The number of halogens is 4. The van der Waals surface area contributed by atoms with Gasteiger partial charge in [-0.15, -0.1) is 11.8 Å². The van der Waals surface area contributed by atoms with Crippen molar-refractivity contribution in [2.45, 2.75) is 51.4 Å². The predicted octanol–water partition coefficient (Wildman–Crippen LogP) is 7.26. The molecule has 0 fully saturated rings. The fraction of sp³-hybridized carbons (Fsp3) is 0.417. The topological polar surface area (TPSA) is 49.4 Å². The number of nitrogens with zero attached hydrogens (tertiary/aromatic N) is 1. The molecule has 33 heavy (non-hydrogen) atoms. The molecule has 4 nitrogen and oxygen atoms in total. The van der Waals surface area contributed by atoms with Gasteiger partial charge in [0, 0.05) is 18.8 Å². The Balaban J connectivity index is 2.14. The molecule has 0 aromatic heterocycles. The largest absolute Gasteiger partial charge is 0.354 e. The second-order valence-corrected chi connectivity index (χ2v) is 10.2. The minimum Gasteiger partial charge on any atom is -0.354 e. The highest BCUT2D eigenvalue weighted by Crippen LogP contribution is 2.26. The van der Waals surface area contributed by atoms with Crippen molar-refractivity contribution in [1.29, 1.82) is 0 Å². The van der Waals surface area contributed by atoms with Crippen LogP contribution in [0.25, 0.3) is 0 Å². The second kappa shape index (κ2) is 14.3. The summed E-state index contributed by atoms with van der Waals surface area (Å²) in [6.07, 6.45) is 2.37. The van der Waals surface area contributed by atoms with Crippen LogP contribution in [0.15, 0.2) is 36.4 Å². The third-order valence-corrected chi connectivity index (χ3v) is 7.50. The van der Waals surface area contributed by atoms with Crippen LogP contribution in [0.2, 0.25) is 20.1 Å². The molecule has 2 aromatic carbocycles. The van der Waals surface area contributed by atoms with Gasteiger partial charge in [0.1, 0.15) is 6.04 Å². The molecule has 0 radical (unpaired) electrons. The lowest BCUT2D eigenvalue weighted by Crippen LogP contribution is -2.49. The predicted molar refractivity (Wildman–Crippen MR) is 142 cm³/mol. The van der Waals surface area contributed by atoms with Crippen LogP contribution in [0.3, 0.4) is 0 Å². The highest BCUT2D eigenvalue weighted by Gasteiger charge is 2.28. The van der Waals surface area contributed by atoms with Crippen LogP contribution in [-0.4, -0.2) is 35.1 Å². The lowest BCUT2D eigenvalue weighted by molar-refractivity contribution is -0.139. The van der Waals surface area contributed by atoms with Crippen LogP contribution in [0.5, 0.6) is 0 Å². The number of nitrogens with one attached hydrogen (secondary N) is 1. The summed E-state index contributed by atoms with van der Waals surface area (Å²) in [4.78, 5) is 27.8. The number of amides is 2. The van der Waals surface area contributed by atoms with Crippen LogP contribution < -0.4 is 5.32 Å². The van der Waals surface area contributed by atoms with Crippen LogP contribution in [0.4, 0.5) is 0 Å². The van der Waals surface area contributed by atoms with Gasteiger partial charge >= 0.3 is 0 Å². The zero-order chi connectivity index (χ0) is 24.4. The van der Waals surface area contributed by atoms with Crippen molar-refractivity contribution in [3.05, 3.63) is 67.6 Å². The van der Waals surface area contributed by atoms with Gasteiger partial charge in [-0.2, -0.15) is 0 Å². The van der Waals surface area contributed by atoms with Crippen molar-refractivity contribution >= 4 is 70.0 Å². The molecule has 0 aliphatic carbocycles. The molecular weight excluding hydrogens is 522 g/mol. The van der Waals surface area contributed by atoms with Crippen LogP contribution in [0.1, 0.15) is 44.2 Å². The van der Waals surface area contributed by atoms with Crippen LogP contribution in [-0.2, 0) is 21.9 Å². The van der Waals surface area contributed by atoms with Gasteiger partial charge in [0.15, 0.2) is 0 Å². The number of rotatable bonds is 12. The monoisotopic (exact) mass is 548 g/mol. The first-order valence-electron chi connectivity index (χ1n) is 10.8. The maximum absolute atomic E-state index is 13.3. The average Bonchev–Trinajstić information content (AvgIpc) is 2.78. The Morgan fingerprint density at radius 2 is 1.55 bits per heavy atom. The van der Waals surface area contributed by atoms with Gasteiger partial charge in [0.05, 0.1) is 25.8 Å². The Hall–Kier alpha value is -1.11. The summed E-state index contributed by atoms with van der Waals surface area (Å²) in [5.74, 6) is 0.556. The Kier molecular flexibility index (Phi) is 12.2. The number of carbonyl (C=O) groups is 2. The average molecular weight is 550 g/mol. The van der Waals surface area contributed by atoms with Gasteiger partial charge in [0.25, 0.3) is 0 Å². The van der Waals surface area contributed by atoms with E-state index in [9.17, 15) is 9.59 Å². The van der Waals surface area contributed by atoms with E-state index in [2.05, 4.69) is 12.2 Å². The molecule has 0 unspecified atom stereocenters. The zero-order valence-electron chi connectivity index (χ0n) is 18.7. The van der Waals surface area contributed by atoms with E-state index in [0.717, 1.165) is 24.0 Å². The summed E-state index contributed by atoms with van der Waals surface area (Å²) in [7, 11) is 0. The first-order valence-corrected chi connectivity index (χ1v) is 13.5. The SMILES string of the molecule is CCCCNC(=O)[C@@H](CC)N(Cc1ccc(Cl)c(Cl)c1)C(=O)CSCc1ccc(Cl)c(Cl)c1. The van der Waals surface area contributed by atoms with Gasteiger partial charge in [-0.3, -0.25) is 9.59 Å². The van der Waals surface area contributed by atoms with Crippen molar-refractivity contribution in [2.75, 3.05) is 12.3 Å². The quantitative estimate of drug-likeness (QED) is 0.283. The van der Waals surface area contributed by atoms with Crippen molar-refractivity contribution in [3.8, 4) is 0 Å². The summed E-state index contributed by atoms with van der Waals surface area (Å²) < 4.78 is 0. The summed E-state index contributed by atoms with van der Waals surface area (Å²) in [5, 5.41) is 4.79. The third-order valence-electron chi connectivity index (χ3n) is 5.03. The molecule has 2 amide bonds. The first kappa shape index (κ1) is 28.1. The number of unbranched alkanes of at least 4 members (excludes halogenated alkanes) is 1. The van der Waals surface area contributed by atoms with Crippen LogP contribution >= 0.6 is 58.2 Å². The summed E-state index contributed by atoms with van der Waals surface area (Å²) >= 11 is 25.7. The van der Waals surface area contributed by atoms with Crippen molar-refractivity contribution in [2.24, 2.45) is 0 Å². The second-order valence-electron chi connectivity index (χ2n) is 7.58. The molecule has 0 bridgehead atoms. The Morgan fingerprint density at radius 1 is 0.939 bits per heavy atom. The van der Waals surface area contributed by atoms with Crippen LogP contribution in [0, 0.1) is 0 Å². The fourth-order valence-electron chi connectivity index (χ4n) is 3.23. The summed E-state index contributed by atoms with van der Waals surface area (Å²) in [6.45, 7) is 4.83. The number of benzene rings is 2. The lowest BCUT2D eigenvalue weighted by atomic mass is 10.1. The molecule has 2 rings (SSSR count). The number of thioether (sulfide) groups is 1. The van der Waals surface area contributed by atoms with E-state index >= 15 is 0 Å². The molecule has 0 aliphatic rings. The molecular formula is C24H28Cl4N2O2S. The van der Waals surface area contributed by atoms with Gasteiger partial charge in [-0.05, 0) is 48.2 Å². The minimum atomic E-state index is -0.575. The molecule has 0 saturated heterocycles. The van der Waals surface area contributed by atoms with Crippen molar-refractivity contribution < 1.29 is 9.59 Å². The van der Waals surface area contributed by atoms with E-state index in [4.69, 9.17) is 46.4 Å². The fourth-order valence-corrected chi connectivity index (χ4v) is 4.73. The van der Waals surface area contributed by atoms with E-state index in [0.29, 0.717) is 38.8 Å². The minimum absolute atomic E-state index is 0.122. The molecule has 2 aromatic rings. The molecule has 0 spiro atoms. The number of carbonyl (C=O) groups excluding carboxylic acids is 2. The molecule has 1 N–H and O–H groups in total. The van der Waals surface area contributed by atoms with Gasteiger partial charge in [0.2, 0.25) is 11.8 Å². The number of hydrogen-bond donors (Lipinski definition) is 1. The highest BCUT2D eigenvalue weighted by atomic mass is 35.5. The molecule has 9 heteroatoms. The third kappa shape index (κ3) is 8.88. The van der Waals surface area contributed by atoms with E-state index in [1.165, 1.54) is 11.8 Å². The summed E-state index contributed by atoms with van der Waals surface area (Å²) in [5.41, 5.74) is 1.79. The molecule has 0 heterocycles.